The van der Waals surface area contributed by atoms with Gasteiger partial charge in [0.05, 0.1) is 5.02 Å². The van der Waals surface area contributed by atoms with Gasteiger partial charge in [0, 0.05) is 12.2 Å². The predicted molar refractivity (Wildman–Crippen MR) is 77.7 cm³/mol. The maximum absolute atomic E-state index is 12.3. The number of halogens is 3. The van der Waals surface area contributed by atoms with Crippen LogP contribution >= 0.6 is 34.8 Å². The lowest BCUT2D eigenvalue weighted by Gasteiger charge is -2.09. The van der Waals surface area contributed by atoms with Gasteiger partial charge in [-0.05, 0) is 18.9 Å². The van der Waals surface area contributed by atoms with Crippen molar-refractivity contribution in [2.45, 2.75) is 18.9 Å². The lowest BCUT2D eigenvalue weighted by Crippen LogP contribution is -2.17. The number of nitrogens with one attached hydrogen (secondary N) is 1. The SMILES string of the molecule is O=C(Nc1ncnc(Cl)c1Cl)c1cc(Cl)cn1C1CC1. The molecule has 1 fully saturated rings. The monoisotopic (exact) mass is 330 g/mol. The zero-order chi connectivity index (χ0) is 14.3. The number of nitrogens with zero attached hydrogens (tertiary/aromatic N) is 3. The quantitative estimate of drug-likeness (QED) is 0.870. The fourth-order valence-corrected chi connectivity index (χ4v) is 2.38. The lowest BCUT2D eigenvalue weighted by atomic mass is 10.4. The number of hydrogen-bond donors (Lipinski definition) is 1. The number of aromatic nitrogens is 3. The van der Waals surface area contributed by atoms with E-state index in [2.05, 4.69) is 15.3 Å². The van der Waals surface area contributed by atoms with Crippen molar-refractivity contribution in [2.24, 2.45) is 0 Å². The van der Waals surface area contributed by atoms with Crippen molar-refractivity contribution in [3.8, 4) is 0 Å². The van der Waals surface area contributed by atoms with E-state index in [9.17, 15) is 4.79 Å². The molecule has 1 aliphatic carbocycles. The van der Waals surface area contributed by atoms with Crippen LogP contribution in [-0.2, 0) is 0 Å². The van der Waals surface area contributed by atoms with Crippen molar-refractivity contribution in [1.29, 1.82) is 0 Å². The summed E-state index contributed by atoms with van der Waals surface area (Å²) < 4.78 is 1.87. The van der Waals surface area contributed by atoms with Gasteiger partial charge in [-0.2, -0.15) is 0 Å². The summed E-state index contributed by atoms with van der Waals surface area (Å²) in [5.41, 5.74) is 0.475. The number of carbonyl (C=O) groups excluding carboxylic acids is 1. The Hall–Kier alpha value is -1.30. The summed E-state index contributed by atoms with van der Waals surface area (Å²) in [5.74, 6) is -0.156. The molecule has 0 radical (unpaired) electrons. The molecule has 3 rings (SSSR count). The van der Waals surface area contributed by atoms with E-state index in [1.807, 2.05) is 4.57 Å². The molecule has 0 spiro atoms. The third-order valence-electron chi connectivity index (χ3n) is 2.97. The molecular weight excluding hydrogens is 323 g/mol. The first-order chi connectivity index (χ1) is 9.56. The van der Waals surface area contributed by atoms with Crippen molar-refractivity contribution in [2.75, 3.05) is 5.32 Å². The second kappa shape index (κ2) is 5.24. The van der Waals surface area contributed by atoms with E-state index in [0.29, 0.717) is 16.8 Å². The van der Waals surface area contributed by atoms with E-state index in [0.717, 1.165) is 12.8 Å². The van der Waals surface area contributed by atoms with Gasteiger partial charge in [0.25, 0.3) is 5.91 Å². The highest BCUT2D eigenvalue weighted by Crippen LogP contribution is 2.37. The zero-order valence-electron chi connectivity index (χ0n) is 10.1. The van der Waals surface area contributed by atoms with E-state index in [4.69, 9.17) is 34.8 Å². The molecule has 8 heteroatoms. The fraction of sp³-hybridized carbons (Fsp3) is 0.250. The Morgan fingerprint density at radius 3 is 2.75 bits per heavy atom. The Morgan fingerprint density at radius 2 is 2.05 bits per heavy atom. The molecule has 1 saturated carbocycles. The Balaban J connectivity index is 1.88. The van der Waals surface area contributed by atoms with Gasteiger partial charge in [0.2, 0.25) is 0 Å². The Morgan fingerprint density at radius 1 is 1.30 bits per heavy atom. The van der Waals surface area contributed by atoms with Crippen molar-refractivity contribution in [3.05, 3.63) is 39.5 Å². The van der Waals surface area contributed by atoms with Crippen molar-refractivity contribution >= 4 is 46.5 Å². The van der Waals surface area contributed by atoms with Gasteiger partial charge in [-0.15, -0.1) is 0 Å². The highest BCUT2D eigenvalue weighted by atomic mass is 35.5. The zero-order valence-corrected chi connectivity index (χ0v) is 12.4. The van der Waals surface area contributed by atoms with Crippen LogP contribution in [0.3, 0.4) is 0 Å². The van der Waals surface area contributed by atoms with Crippen LogP contribution in [-0.4, -0.2) is 20.4 Å². The molecule has 1 N–H and O–H groups in total. The van der Waals surface area contributed by atoms with Crippen LogP contribution in [0.2, 0.25) is 15.2 Å². The third kappa shape index (κ3) is 2.61. The summed E-state index contributed by atoms with van der Waals surface area (Å²) >= 11 is 17.7. The van der Waals surface area contributed by atoms with Crippen LogP contribution in [0.4, 0.5) is 5.82 Å². The van der Waals surface area contributed by atoms with E-state index in [1.54, 1.807) is 12.3 Å². The van der Waals surface area contributed by atoms with Crippen LogP contribution < -0.4 is 5.32 Å². The first-order valence-electron chi connectivity index (χ1n) is 5.91. The van der Waals surface area contributed by atoms with Crippen molar-refractivity contribution in [3.63, 3.8) is 0 Å². The lowest BCUT2D eigenvalue weighted by molar-refractivity contribution is 0.101. The molecule has 1 aliphatic rings. The predicted octanol–water partition coefficient (Wildman–Crippen LogP) is 3.83. The molecule has 0 unspecified atom stereocenters. The first kappa shape index (κ1) is 13.7. The molecule has 20 heavy (non-hydrogen) atoms. The molecule has 2 heterocycles. The molecule has 2 aromatic heterocycles. The average molecular weight is 332 g/mol. The molecule has 0 saturated heterocycles. The summed E-state index contributed by atoms with van der Waals surface area (Å²) in [5, 5.41) is 3.34. The average Bonchev–Trinajstić information content (AvgIpc) is 3.18. The molecule has 0 atom stereocenters. The molecule has 5 nitrogen and oxygen atoms in total. The highest BCUT2D eigenvalue weighted by molar-refractivity contribution is 6.43. The van der Waals surface area contributed by atoms with Gasteiger partial charge in [-0.3, -0.25) is 4.79 Å². The van der Waals surface area contributed by atoms with Gasteiger partial charge in [0.15, 0.2) is 11.0 Å². The normalized spacial score (nSPS) is 14.3. The topological polar surface area (TPSA) is 59.8 Å². The van der Waals surface area contributed by atoms with Gasteiger partial charge in [-0.1, -0.05) is 34.8 Å². The van der Waals surface area contributed by atoms with Crippen LogP contribution in [0.25, 0.3) is 0 Å². The minimum Gasteiger partial charge on any atom is -0.339 e. The van der Waals surface area contributed by atoms with E-state index < -0.39 is 0 Å². The number of hydrogen-bond acceptors (Lipinski definition) is 3. The third-order valence-corrected chi connectivity index (χ3v) is 3.91. The molecule has 104 valence electrons. The molecule has 0 aromatic carbocycles. The highest BCUT2D eigenvalue weighted by Gasteiger charge is 2.28. The van der Waals surface area contributed by atoms with E-state index >= 15 is 0 Å². The van der Waals surface area contributed by atoms with E-state index in [-0.39, 0.29) is 21.9 Å². The maximum atomic E-state index is 12.3. The van der Waals surface area contributed by atoms with Crippen LogP contribution in [0.5, 0.6) is 0 Å². The summed E-state index contributed by atoms with van der Waals surface area (Å²) in [6.07, 6.45) is 5.08. The summed E-state index contributed by atoms with van der Waals surface area (Å²) in [6, 6.07) is 1.96. The fourth-order valence-electron chi connectivity index (χ4n) is 1.89. The minimum absolute atomic E-state index is 0.0903. The second-order valence-electron chi connectivity index (χ2n) is 4.46. The molecule has 0 bridgehead atoms. The van der Waals surface area contributed by atoms with Crippen LogP contribution in [0.15, 0.2) is 18.6 Å². The van der Waals surface area contributed by atoms with Gasteiger partial charge < -0.3 is 9.88 Å². The first-order valence-corrected chi connectivity index (χ1v) is 7.04. The van der Waals surface area contributed by atoms with Crippen LogP contribution in [0, 0.1) is 0 Å². The number of carbonyl (C=O) groups is 1. The maximum Gasteiger partial charge on any atom is 0.273 e. The van der Waals surface area contributed by atoms with Gasteiger partial charge in [0.1, 0.15) is 17.0 Å². The largest absolute Gasteiger partial charge is 0.339 e. The molecular formula is C12H9Cl3N4O. The van der Waals surface area contributed by atoms with Crippen molar-refractivity contribution in [1.82, 2.24) is 14.5 Å². The summed E-state index contributed by atoms with van der Waals surface area (Å²) in [6.45, 7) is 0. The molecule has 0 aliphatic heterocycles. The Bertz CT molecular complexity index is 681. The number of rotatable bonds is 3. The van der Waals surface area contributed by atoms with E-state index in [1.165, 1.54) is 6.33 Å². The van der Waals surface area contributed by atoms with Crippen LogP contribution in [0.1, 0.15) is 29.4 Å². The standard InChI is InChI=1S/C12H9Cl3N4O/c13-6-3-8(19(4-6)7-1-2-7)12(20)18-11-9(14)10(15)16-5-17-11/h3-5,7H,1-2H2,(H,16,17,18,20). The number of amides is 1. The smallest absolute Gasteiger partial charge is 0.273 e. The molecule has 1 amide bonds. The van der Waals surface area contributed by atoms with Crippen molar-refractivity contribution < 1.29 is 4.79 Å². The summed E-state index contributed by atoms with van der Waals surface area (Å²) in [7, 11) is 0. The molecule has 2 aromatic rings. The number of anilines is 1. The minimum atomic E-state index is -0.333. The second-order valence-corrected chi connectivity index (χ2v) is 5.64. The van der Waals surface area contributed by atoms with Gasteiger partial charge >= 0.3 is 0 Å². The Kier molecular flexibility index (Phi) is 3.58. The van der Waals surface area contributed by atoms with Gasteiger partial charge in [-0.25, -0.2) is 9.97 Å². The Labute approximate surface area is 129 Å². The summed E-state index contributed by atoms with van der Waals surface area (Å²) in [4.78, 5) is 19.9.